The summed E-state index contributed by atoms with van der Waals surface area (Å²) in [6.07, 6.45) is 3.45. The van der Waals surface area contributed by atoms with E-state index in [2.05, 4.69) is 42.3 Å². The maximum Gasteiger partial charge on any atom is 0.229 e. The van der Waals surface area contributed by atoms with Crippen LogP contribution in [0.1, 0.15) is 0 Å². The van der Waals surface area contributed by atoms with E-state index >= 15 is 0 Å². The minimum atomic E-state index is 0.481. The molecular formula is C24H28N8O2. The number of nitrogens with one attached hydrogen (secondary N) is 2. The van der Waals surface area contributed by atoms with Crippen molar-refractivity contribution in [2.45, 2.75) is 0 Å². The van der Waals surface area contributed by atoms with Gasteiger partial charge < -0.3 is 29.6 Å². The monoisotopic (exact) mass is 460 g/mol. The van der Waals surface area contributed by atoms with Gasteiger partial charge in [-0.1, -0.05) is 0 Å². The van der Waals surface area contributed by atoms with Crippen molar-refractivity contribution in [3.63, 3.8) is 0 Å². The average molecular weight is 461 g/mol. The van der Waals surface area contributed by atoms with E-state index in [-0.39, 0.29) is 0 Å². The highest BCUT2D eigenvalue weighted by Gasteiger charge is 2.14. The zero-order chi connectivity index (χ0) is 23.3. The van der Waals surface area contributed by atoms with Crippen LogP contribution in [-0.4, -0.2) is 78.5 Å². The standard InChI is InChI=1S/C24H28N8O2/c1-31(9-12-33-2)20-8-3-17(15-25-20)21-22-23(27-16-26-22)30-24(29-21)28-18-4-6-19(7-5-18)32-10-13-34-14-11-32/h3-8,15-16H,9-14H2,1-2H3,(H2,26,27,28,29,30). The molecular weight excluding hydrogens is 432 g/mol. The van der Waals surface area contributed by atoms with Crippen LogP contribution in [0.3, 0.4) is 0 Å². The van der Waals surface area contributed by atoms with Gasteiger partial charge >= 0.3 is 0 Å². The summed E-state index contributed by atoms with van der Waals surface area (Å²) in [5, 5.41) is 3.32. The van der Waals surface area contributed by atoms with Gasteiger partial charge in [0.15, 0.2) is 5.65 Å². The number of hydrogen-bond acceptors (Lipinski definition) is 9. The number of hydrogen-bond donors (Lipinski definition) is 2. The molecule has 10 heteroatoms. The number of benzene rings is 1. The fourth-order valence-corrected chi connectivity index (χ4v) is 3.90. The Balaban J connectivity index is 1.38. The molecule has 0 radical (unpaired) electrons. The van der Waals surface area contributed by atoms with Crippen molar-refractivity contribution in [1.82, 2.24) is 24.9 Å². The van der Waals surface area contributed by atoms with Crippen molar-refractivity contribution in [2.24, 2.45) is 0 Å². The van der Waals surface area contributed by atoms with Gasteiger partial charge in [-0.2, -0.15) is 4.98 Å². The number of ether oxygens (including phenoxy) is 2. The molecule has 1 saturated heterocycles. The summed E-state index contributed by atoms with van der Waals surface area (Å²) in [4.78, 5) is 25.8. The topological polar surface area (TPSA) is 104 Å². The molecule has 1 aliphatic heterocycles. The van der Waals surface area contributed by atoms with Gasteiger partial charge in [-0.05, 0) is 36.4 Å². The Labute approximate surface area is 198 Å². The van der Waals surface area contributed by atoms with Gasteiger partial charge in [0.2, 0.25) is 5.95 Å². The highest BCUT2D eigenvalue weighted by molar-refractivity contribution is 5.88. The maximum atomic E-state index is 5.44. The highest BCUT2D eigenvalue weighted by atomic mass is 16.5. The number of nitrogens with zero attached hydrogens (tertiary/aromatic N) is 6. The van der Waals surface area contributed by atoms with Crippen LogP contribution in [0.25, 0.3) is 22.4 Å². The van der Waals surface area contributed by atoms with Crippen LogP contribution in [-0.2, 0) is 9.47 Å². The van der Waals surface area contributed by atoms with E-state index in [4.69, 9.17) is 14.5 Å². The fraction of sp³-hybridized carbons (Fsp3) is 0.333. The van der Waals surface area contributed by atoms with Gasteiger partial charge in [0.05, 0.1) is 26.1 Å². The van der Waals surface area contributed by atoms with E-state index in [1.165, 1.54) is 5.69 Å². The molecule has 176 valence electrons. The molecule has 0 bridgehead atoms. The van der Waals surface area contributed by atoms with Crippen molar-refractivity contribution in [1.29, 1.82) is 0 Å². The number of aromatic nitrogens is 5. The first-order valence-corrected chi connectivity index (χ1v) is 11.3. The summed E-state index contributed by atoms with van der Waals surface area (Å²) in [6.45, 7) is 4.75. The molecule has 10 nitrogen and oxygen atoms in total. The first kappa shape index (κ1) is 22.1. The van der Waals surface area contributed by atoms with Crippen LogP contribution in [0.4, 0.5) is 23.1 Å². The molecule has 0 spiro atoms. The van der Waals surface area contributed by atoms with Crippen molar-refractivity contribution < 1.29 is 9.47 Å². The molecule has 34 heavy (non-hydrogen) atoms. The van der Waals surface area contributed by atoms with Gasteiger partial charge in [0.1, 0.15) is 17.0 Å². The molecule has 0 amide bonds. The molecule has 0 saturated carbocycles. The van der Waals surface area contributed by atoms with E-state index in [0.717, 1.165) is 61.1 Å². The number of methoxy groups -OCH3 is 1. The molecule has 2 N–H and O–H groups in total. The molecule has 5 rings (SSSR count). The number of fused-ring (bicyclic) bond motifs is 1. The number of aromatic amines is 1. The molecule has 0 atom stereocenters. The molecule has 1 aromatic carbocycles. The number of imidazole rings is 1. The van der Waals surface area contributed by atoms with Crippen LogP contribution in [0.5, 0.6) is 0 Å². The van der Waals surface area contributed by atoms with Gasteiger partial charge in [-0.15, -0.1) is 0 Å². The molecule has 0 unspecified atom stereocenters. The number of pyridine rings is 1. The van der Waals surface area contributed by atoms with Crippen molar-refractivity contribution in [2.75, 3.05) is 68.7 Å². The summed E-state index contributed by atoms with van der Waals surface area (Å²) in [5.74, 6) is 1.35. The van der Waals surface area contributed by atoms with Gasteiger partial charge in [-0.25, -0.2) is 15.0 Å². The molecule has 4 aromatic rings. The average Bonchev–Trinajstić information content (AvgIpc) is 3.37. The summed E-state index contributed by atoms with van der Waals surface area (Å²) in [6, 6.07) is 12.3. The Hall–Kier alpha value is -3.76. The van der Waals surface area contributed by atoms with E-state index in [1.807, 2.05) is 42.4 Å². The van der Waals surface area contributed by atoms with Gasteiger partial charge in [0, 0.05) is 56.9 Å². The lowest BCUT2D eigenvalue weighted by molar-refractivity contribution is 0.122. The Kier molecular flexibility index (Phi) is 6.50. The predicted octanol–water partition coefficient (Wildman–Crippen LogP) is 3.08. The number of H-pyrrole nitrogens is 1. The smallest absolute Gasteiger partial charge is 0.229 e. The number of likely N-dealkylation sites (N-methyl/N-ethyl adjacent to an activating group) is 1. The second-order valence-electron chi connectivity index (χ2n) is 8.09. The normalized spacial score (nSPS) is 13.9. The van der Waals surface area contributed by atoms with Crippen molar-refractivity contribution in [3.8, 4) is 11.3 Å². The summed E-state index contributed by atoms with van der Waals surface area (Å²) in [5.41, 5.74) is 5.08. The lowest BCUT2D eigenvalue weighted by Crippen LogP contribution is -2.36. The minimum Gasteiger partial charge on any atom is -0.383 e. The third kappa shape index (κ3) is 4.78. The second kappa shape index (κ2) is 10.0. The van der Waals surface area contributed by atoms with Crippen LogP contribution in [0.15, 0.2) is 48.9 Å². The lowest BCUT2D eigenvalue weighted by atomic mass is 10.2. The maximum absolute atomic E-state index is 5.44. The van der Waals surface area contributed by atoms with Crippen molar-refractivity contribution in [3.05, 3.63) is 48.9 Å². The van der Waals surface area contributed by atoms with Crippen LogP contribution in [0.2, 0.25) is 0 Å². The Morgan fingerprint density at radius 3 is 2.65 bits per heavy atom. The predicted molar refractivity (Wildman–Crippen MR) is 133 cm³/mol. The van der Waals surface area contributed by atoms with Gasteiger partial charge in [-0.3, -0.25) is 0 Å². The highest BCUT2D eigenvalue weighted by Crippen LogP contribution is 2.27. The van der Waals surface area contributed by atoms with Crippen LogP contribution in [0, 0.1) is 0 Å². The molecule has 0 aliphatic carbocycles. The Bertz CT molecular complexity index is 1220. The summed E-state index contributed by atoms with van der Waals surface area (Å²) < 4.78 is 10.6. The quantitative estimate of drug-likeness (QED) is 0.410. The van der Waals surface area contributed by atoms with E-state index in [1.54, 1.807) is 13.4 Å². The van der Waals surface area contributed by atoms with Crippen LogP contribution >= 0.6 is 0 Å². The minimum absolute atomic E-state index is 0.481. The van der Waals surface area contributed by atoms with E-state index in [9.17, 15) is 0 Å². The first-order valence-electron chi connectivity index (χ1n) is 11.3. The summed E-state index contributed by atoms with van der Waals surface area (Å²) >= 11 is 0. The van der Waals surface area contributed by atoms with Crippen molar-refractivity contribution >= 4 is 34.3 Å². The molecule has 3 aromatic heterocycles. The Morgan fingerprint density at radius 1 is 1.09 bits per heavy atom. The van der Waals surface area contributed by atoms with E-state index in [0.29, 0.717) is 18.2 Å². The third-order valence-electron chi connectivity index (χ3n) is 5.83. The summed E-state index contributed by atoms with van der Waals surface area (Å²) in [7, 11) is 3.68. The number of rotatable bonds is 8. The van der Waals surface area contributed by atoms with E-state index < -0.39 is 0 Å². The SMILES string of the molecule is COCCN(C)c1ccc(-c2nc(Nc3ccc(N4CCOCC4)cc3)nc3nc[nH]c23)cn1. The second-order valence-corrected chi connectivity index (χ2v) is 8.09. The Morgan fingerprint density at radius 2 is 1.91 bits per heavy atom. The molecule has 1 aliphatic rings. The largest absolute Gasteiger partial charge is 0.383 e. The number of anilines is 4. The number of morpholine rings is 1. The fourth-order valence-electron chi connectivity index (χ4n) is 3.90. The zero-order valence-corrected chi connectivity index (χ0v) is 19.4. The molecule has 1 fully saturated rings. The third-order valence-corrected chi connectivity index (χ3v) is 5.83. The lowest BCUT2D eigenvalue weighted by Gasteiger charge is -2.28. The zero-order valence-electron chi connectivity index (χ0n) is 19.4. The van der Waals surface area contributed by atoms with Gasteiger partial charge in [0.25, 0.3) is 0 Å². The van der Waals surface area contributed by atoms with Crippen LogP contribution < -0.4 is 15.1 Å². The molecule has 4 heterocycles. The first-order chi connectivity index (χ1) is 16.7.